The molecule has 1 fully saturated rings. The summed E-state index contributed by atoms with van der Waals surface area (Å²) >= 11 is 0. The van der Waals surface area contributed by atoms with Crippen molar-refractivity contribution in [2.45, 2.75) is 32.7 Å². The first-order valence-electron chi connectivity index (χ1n) is 8.24. The van der Waals surface area contributed by atoms with E-state index in [1.807, 2.05) is 12.1 Å². The van der Waals surface area contributed by atoms with Crippen molar-refractivity contribution in [1.29, 1.82) is 0 Å². The Bertz CT molecular complexity index is 540. The summed E-state index contributed by atoms with van der Waals surface area (Å²) in [6.45, 7) is 8.75. The van der Waals surface area contributed by atoms with Crippen molar-refractivity contribution in [2.75, 3.05) is 26.2 Å². The number of nitrogens with one attached hydrogen (secondary N) is 1. The molecule has 1 N–H and O–H groups in total. The van der Waals surface area contributed by atoms with Gasteiger partial charge in [0, 0.05) is 18.5 Å². The van der Waals surface area contributed by atoms with Gasteiger partial charge in [-0.3, -0.25) is 0 Å². The Kier molecular flexibility index (Phi) is 4.61. The van der Waals surface area contributed by atoms with Crippen LogP contribution in [0.1, 0.15) is 38.5 Å². The lowest BCUT2D eigenvalue weighted by molar-refractivity contribution is 0.234. The predicted octanol–water partition coefficient (Wildman–Crippen LogP) is 3.82. The van der Waals surface area contributed by atoms with Gasteiger partial charge in [-0.2, -0.15) is 0 Å². The van der Waals surface area contributed by atoms with Crippen LogP contribution in [0.15, 0.2) is 34.7 Å². The smallest absolute Gasteiger partial charge is 0.134 e. The van der Waals surface area contributed by atoms with Gasteiger partial charge in [0.25, 0.3) is 0 Å². The number of furan rings is 1. The Labute approximate surface area is 127 Å². The summed E-state index contributed by atoms with van der Waals surface area (Å²) in [6.07, 6.45) is 2.82. The van der Waals surface area contributed by atoms with Gasteiger partial charge in [0.2, 0.25) is 0 Å². The highest BCUT2D eigenvalue weighted by Gasteiger charge is 2.26. The molecule has 0 radical (unpaired) electrons. The summed E-state index contributed by atoms with van der Waals surface area (Å²) in [6, 6.07) is 10.7. The van der Waals surface area contributed by atoms with Gasteiger partial charge in [0.1, 0.15) is 11.3 Å². The molecule has 3 nitrogen and oxygen atoms in total. The number of likely N-dealkylation sites (N-methyl/N-ethyl adjacent to an activating group) is 2. The molecule has 114 valence electrons. The van der Waals surface area contributed by atoms with E-state index in [0.717, 1.165) is 36.9 Å². The van der Waals surface area contributed by atoms with E-state index in [4.69, 9.17) is 4.42 Å². The normalized spacial score (nSPS) is 16.7. The van der Waals surface area contributed by atoms with Gasteiger partial charge in [0.05, 0.1) is 6.04 Å². The maximum atomic E-state index is 6.06. The zero-order valence-corrected chi connectivity index (χ0v) is 13.1. The summed E-state index contributed by atoms with van der Waals surface area (Å²) in [5, 5.41) is 4.78. The Morgan fingerprint density at radius 3 is 2.76 bits per heavy atom. The largest absolute Gasteiger partial charge is 0.459 e. The zero-order chi connectivity index (χ0) is 14.7. The van der Waals surface area contributed by atoms with E-state index in [1.165, 1.54) is 24.8 Å². The topological polar surface area (TPSA) is 28.4 Å². The molecule has 1 unspecified atom stereocenters. The predicted molar refractivity (Wildman–Crippen MR) is 87.5 cm³/mol. The van der Waals surface area contributed by atoms with Crippen LogP contribution in [0.25, 0.3) is 11.0 Å². The standard InChI is InChI=1S/C18H26N2O/c1-3-19-16(13-20(4-2)12-14-9-10-14)18-11-15-7-5-6-8-17(15)21-18/h5-8,11,14,16,19H,3-4,9-10,12-13H2,1-2H3. The van der Waals surface area contributed by atoms with Crippen LogP contribution in [0.3, 0.4) is 0 Å². The fourth-order valence-electron chi connectivity index (χ4n) is 2.93. The Morgan fingerprint density at radius 1 is 1.29 bits per heavy atom. The minimum atomic E-state index is 0.279. The van der Waals surface area contributed by atoms with E-state index in [9.17, 15) is 0 Å². The lowest BCUT2D eigenvalue weighted by atomic mass is 10.1. The SMILES string of the molecule is CCNC(CN(CC)CC1CC1)c1cc2ccccc2o1. The van der Waals surface area contributed by atoms with Crippen LogP contribution in [0.2, 0.25) is 0 Å². The van der Waals surface area contributed by atoms with Gasteiger partial charge in [-0.15, -0.1) is 0 Å². The third kappa shape index (κ3) is 3.66. The van der Waals surface area contributed by atoms with Gasteiger partial charge >= 0.3 is 0 Å². The van der Waals surface area contributed by atoms with Crippen LogP contribution < -0.4 is 5.32 Å². The summed E-state index contributed by atoms with van der Waals surface area (Å²) in [4.78, 5) is 2.55. The molecule has 1 heterocycles. The fourth-order valence-corrected chi connectivity index (χ4v) is 2.93. The molecule has 0 saturated heterocycles. The van der Waals surface area contributed by atoms with Crippen LogP contribution >= 0.6 is 0 Å². The van der Waals surface area contributed by atoms with Crippen LogP contribution in [0.5, 0.6) is 0 Å². The highest BCUT2D eigenvalue weighted by molar-refractivity contribution is 5.77. The van der Waals surface area contributed by atoms with Crippen molar-refractivity contribution < 1.29 is 4.42 Å². The number of para-hydroxylation sites is 1. The van der Waals surface area contributed by atoms with Crippen molar-refractivity contribution in [3.8, 4) is 0 Å². The number of fused-ring (bicyclic) bond motifs is 1. The van der Waals surface area contributed by atoms with Crippen LogP contribution in [-0.2, 0) is 0 Å². The molecule has 0 bridgehead atoms. The first kappa shape index (κ1) is 14.6. The first-order chi connectivity index (χ1) is 10.3. The van der Waals surface area contributed by atoms with Crippen molar-refractivity contribution in [3.63, 3.8) is 0 Å². The second-order valence-corrected chi connectivity index (χ2v) is 6.09. The molecule has 1 aromatic heterocycles. The average molecular weight is 286 g/mol. The monoisotopic (exact) mass is 286 g/mol. The summed E-state index contributed by atoms with van der Waals surface area (Å²) in [5.41, 5.74) is 0.987. The first-order valence-corrected chi connectivity index (χ1v) is 8.24. The van der Waals surface area contributed by atoms with Gasteiger partial charge in [-0.1, -0.05) is 32.0 Å². The molecule has 0 aliphatic heterocycles. The lowest BCUT2D eigenvalue weighted by Crippen LogP contribution is -2.36. The molecule has 0 spiro atoms. The molecular formula is C18H26N2O. The van der Waals surface area contributed by atoms with Crippen LogP contribution in [-0.4, -0.2) is 31.1 Å². The Hall–Kier alpha value is -1.32. The molecule has 21 heavy (non-hydrogen) atoms. The summed E-state index contributed by atoms with van der Waals surface area (Å²) < 4.78 is 6.06. The number of rotatable bonds is 8. The molecule has 1 aliphatic rings. The number of hydrogen-bond donors (Lipinski definition) is 1. The summed E-state index contributed by atoms with van der Waals surface area (Å²) in [7, 11) is 0. The molecule has 0 amide bonds. The van der Waals surface area contributed by atoms with Gasteiger partial charge in [-0.25, -0.2) is 0 Å². The average Bonchev–Trinajstić information content (AvgIpc) is 3.21. The van der Waals surface area contributed by atoms with Gasteiger partial charge in [-0.05, 0) is 44.0 Å². The maximum absolute atomic E-state index is 6.06. The minimum absolute atomic E-state index is 0.279. The van der Waals surface area contributed by atoms with E-state index in [0.29, 0.717) is 0 Å². The zero-order valence-electron chi connectivity index (χ0n) is 13.1. The van der Waals surface area contributed by atoms with E-state index >= 15 is 0 Å². The quantitative estimate of drug-likeness (QED) is 0.800. The molecule has 1 saturated carbocycles. The maximum Gasteiger partial charge on any atom is 0.134 e. The molecule has 2 aromatic rings. The van der Waals surface area contributed by atoms with E-state index < -0.39 is 0 Å². The lowest BCUT2D eigenvalue weighted by Gasteiger charge is -2.25. The second-order valence-electron chi connectivity index (χ2n) is 6.09. The van der Waals surface area contributed by atoms with Crippen molar-refractivity contribution in [3.05, 3.63) is 36.1 Å². The Balaban J connectivity index is 1.75. The van der Waals surface area contributed by atoms with E-state index in [-0.39, 0.29) is 6.04 Å². The third-order valence-electron chi connectivity index (χ3n) is 4.34. The second kappa shape index (κ2) is 6.63. The molecule has 3 heteroatoms. The van der Waals surface area contributed by atoms with Crippen molar-refractivity contribution in [2.24, 2.45) is 5.92 Å². The fraction of sp³-hybridized carbons (Fsp3) is 0.556. The molecular weight excluding hydrogens is 260 g/mol. The molecule has 3 rings (SSSR count). The summed E-state index contributed by atoms with van der Waals surface area (Å²) in [5.74, 6) is 2.00. The third-order valence-corrected chi connectivity index (χ3v) is 4.34. The van der Waals surface area contributed by atoms with Crippen LogP contribution in [0.4, 0.5) is 0 Å². The van der Waals surface area contributed by atoms with Gasteiger partial charge < -0.3 is 14.6 Å². The van der Waals surface area contributed by atoms with E-state index in [2.05, 4.69) is 42.3 Å². The van der Waals surface area contributed by atoms with E-state index in [1.54, 1.807) is 0 Å². The number of hydrogen-bond acceptors (Lipinski definition) is 3. The highest BCUT2D eigenvalue weighted by Crippen LogP contribution is 2.30. The number of benzene rings is 1. The number of nitrogens with zero attached hydrogens (tertiary/aromatic N) is 1. The van der Waals surface area contributed by atoms with Crippen LogP contribution in [0, 0.1) is 5.92 Å². The molecule has 1 aromatic carbocycles. The Morgan fingerprint density at radius 2 is 2.10 bits per heavy atom. The highest BCUT2D eigenvalue weighted by atomic mass is 16.3. The van der Waals surface area contributed by atoms with Gasteiger partial charge in [0.15, 0.2) is 0 Å². The minimum Gasteiger partial charge on any atom is -0.459 e. The van der Waals surface area contributed by atoms with Crippen molar-refractivity contribution >= 4 is 11.0 Å². The van der Waals surface area contributed by atoms with Crippen molar-refractivity contribution in [1.82, 2.24) is 10.2 Å². The molecule has 1 aliphatic carbocycles. The molecule has 1 atom stereocenters.